The third-order valence-corrected chi connectivity index (χ3v) is 2.87. The Morgan fingerprint density at radius 1 is 1.30 bits per heavy atom. The molecule has 0 aliphatic rings. The molecule has 2 rings (SSSR count). The van der Waals surface area contributed by atoms with Crippen molar-refractivity contribution in [2.24, 2.45) is 0 Å². The molecule has 0 aliphatic heterocycles. The van der Waals surface area contributed by atoms with Crippen LogP contribution in [0.5, 0.6) is 5.75 Å². The van der Waals surface area contributed by atoms with Crippen LogP contribution in [-0.2, 0) is 6.42 Å². The van der Waals surface area contributed by atoms with Crippen molar-refractivity contribution in [3.8, 4) is 5.75 Å². The minimum absolute atomic E-state index is 0.0867. The highest BCUT2D eigenvalue weighted by Crippen LogP contribution is 2.27. The molecule has 0 saturated heterocycles. The van der Waals surface area contributed by atoms with E-state index in [9.17, 15) is 4.39 Å². The van der Waals surface area contributed by atoms with Crippen LogP contribution in [-0.4, -0.2) is 23.1 Å². The van der Waals surface area contributed by atoms with E-state index in [1.165, 1.54) is 25.6 Å². The number of nitrogen functional groups attached to an aromatic ring is 1. The SMILES string of the molecule is COc1c(N)ncnc1NC(C)Cc1ccc(F)cc1. The molecular weight excluding hydrogens is 259 g/mol. The van der Waals surface area contributed by atoms with Crippen LogP contribution in [0.3, 0.4) is 0 Å². The lowest BCUT2D eigenvalue weighted by Gasteiger charge is -2.17. The maximum Gasteiger partial charge on any atom is 0.203 e. The third kappa shape index (κ3) is 3.34. The van der Waals surface area contributed by atoms with Crippen molar-refractivity contribution in [2.45, 2.75) is 19.4 Å². The first-order valence-corrected chi connectivity index (χ1v) is 6.25. The van der Waals surface area contributed by atoms with Crippen molar-refractivity contribution in [1.82, 2.24) is 9.97 Å². The van der Waals surface area contributed by atoms with Gasteiger partial charge in [-0.05, 0) is 31.0 Å². The van der Waals surface area contributed by atoms with Crippen molar-refractivity contribution in [2.75, 3.05) is 18.2 Å². The summed E-state index contributed by atoms with van der Waals surface area (Å²) in [5.74, 6) is 1.03. The Balaban J connectivity index is 2.06. The average Bonchev–Trinajstić information content (AvgIpc) is 2.42. The van der Waals surface area contributed by atoms with E-state index in [0.29, 0.717) is 17.4 Å². The third-order valence-electron chi connectivity index (χ3n) is 2.87. The minimum atomic E-state index is -0.236. The Bertz CT molecular complexity index is 574. The summed E-state index contributed by atoms with van der Waals surface area (Å²) < 4.78 is 18.0. The molecule has 5 nitrogen and oxygen atoms in total. The van der Waals surface area contributed by atoms with Crippen LogP contribution >= 0.6 is 0 Å². The summed E-state index contributed by atoms with van der Waals surface area (Å²) in [5.41, 5.74) is 6.75. The highest BCUT2D eigenvalue weighted by molar-refractivity contribution is 5.61. The number of nitrogens with two attached hydrogens (primary N) is 1. The number of methoxy groups -OCH3 is 1. The van der Waals surface area contributed by atoms with E-state index in [4.69, 9.17) is 10.5 Å². The number of aromatic nitrogens is 2. The second kappa shape index (κ2) is 6.18. The number of rotatable bonds is 5. The lowest BCUT2D eigenvalue weighted by atomic mass is 10.1. The van der Waals surface area contributed by atoms with Gasteiger partial charge in [-0.15, -0.1) is 0 Å². The van der Waals surface area contributed by atoms with Crippen LogP contribution in [0.2, 0.25) is 0 Å². The molecule has 0 fully saturated rings. The summed E-state index contributed by atoms with van der Waals surface area (Å²) >= 11 is 0. The molecule has 0 aliphatic carbocycles. The zero-order valence-electron chi connectivity index (χ0n) is 11.4. The zero-order chi connectivity index (χ0) is 14.5. The number of hydrogen-bond donors (Lipinski definition) is 2. The van der Waals surface area contributed by atoms with Gasteiger partial charge >= 0.3 is 0 Å². The number of halogens is 1. The van der Waals surface area contributed by atoms with E-state index in [0.717, 1.165) is 12.0 Å². The summed E-state index contributed by atoms with van der Waals surface area (Å²) in [6.45, 7) is 2.00. The predicted octanol–water partition coefficient (Wildman–Crippen LogP) is 2.25. The first kappa shape index (κ1) is 14.0. The van der Waals surface area contributed by atoms with Gasteiger partial charge in [0, 0.05) is 6.04 Å². The molecular formula is C14H17FN4O. The van der Waals surface area contributed by atoms with Crippen molar-refractivity contribution < 1.29 is 9.13 Å². The maximum absolute atomic E-state index is 12.9. The quantitative estimate of drug-likeness (QED) is 0.876. The van der Waals surface area contributed by atoms with E-state index in [1.807, 2.05) is 6.92 Å². The monoisotopic (exact) mass is 276 g/mol. The second-order valence-corrected chi connectivity index (χ2v) is 4.52. The molecule has 2 aromatic rings. The molecule has 3 N–H and O–H groups in total. The second-order valence-electron chi connectivity index (χ2n) is 4.52. The minimum Gasteiger partial charge on any atom is -0.490 e. The Morgan fingerprint density at radius 3 is 2.65 bits per heavy atom. The van der Waals surface area contributed by atoms with Crippen LogP contribution in [0.1, 0.15) is 12.5 Å². The van der Waals surface area contributed by atoms with Crippen molar-refractivity contribution >= 4 is 11.6 Å². The fourth-order valence-corrected chi connectivity index (χ4v) is 1.95. The summed E-state index contributed by atoms with van der Waals surface area (Å²) in [6, 6.07) is 6.51. The molecule has 106 valence electrons. The molecule has 0 amide bonds. The number of hydrogen-bond acceptors (Lipinski definition) is 5. The first-order valence-electron chi connectivity index (χ1n) is 6.25. The highest BCUT2D eigenvalue weighted by atomic mass is 19.1. The summed E-state index contributed by atoms with van der Waals surface area (Å²) in [4.78, 5) is 7.99. The van der Waals surface area contributed by atoms with Crippen molar-refractivity contribution in [3.05, 3.63) is 42.0 Å². The molecule has 1 heterocycles. The molecule has 1 atom stereocenters. The highest BCUT2D eigenvalue weighted by Gasteiger charge is 2.12. The number of anilines is 2. The van der Waals surface area contributed by atoms with Gasteiger partial charge in [0.25, 0.3) is 0 Å². The topological polar surface area (TPSA) is 73.1 Å². The molecule has 20 heavy (non-hydrogen) atoms. The maximum atomic E-state index is 12.9. The van der Waals surface area contributed by atoms with Gasteiger partial charge < -0.3 is 15.8 Å². The first-order chi connectivity index (χ1) is 9.60. The van der Waals surface area contributed by atoms with Gasteiger partial charge in [-0.3, -0.25) is 0 Å². The Hall–Kier alpha value is -2.37. The number of ether oxygens (including phenoxy) is 1. The average molecular weight is 276 g/mol. The lowest BCUT2D eigenvalue weighted by molar-refractivity contribution is 0.414. The Labute approximate surface area is 117 Å². The Morgan fingerprint density at radius 2 is 2.00 bits per heavy atom. The molecule has 1 aromatic heterocycles. The van der Waals surface area contributed by atoms with Crippen LogP contribution < -0.4 is 15.8 Å². The molecule has 1 aromatic carbocycles. The fraction of sp³-hybridized carbons (Fsp3) is 0.286. The normalized spacial score (nSPS) is 11.9. The number of benzene rings is 1. The molecule has 0 spiro atoms. The predicted molar refractivity (Wildman–Crippen MR) is 76.2 cm³/mol. The van der Waals surface area contributed by atoms with Gasteiger partial charge in [0.15, 0.2) is 11.6 Å². The molecule has 6 heteroatoms. The fourth-order valence-electron chi connectivity index (χ4n) is 1.95. The number of nitrogens with zero attached hydrogens (tertiary/aromatic N) is 2. The van der Waals surface area contributed by atoms with Crippen LogP contribution in [0.15, 0.2) is 30.6 Å². The van der Waals surface area contributed by atoms with Gasteiger partial charge in [-0.2, -0.15) is 0 Å². The van der Waals surface area contributed by atoms with Crippen molar-refractivity contribution in [3.63, 3.8) is 0 Å². The van der Waals surface area contributed by atoms with Gasteiger partial charge in [0.1, 0.15) is 12.1 Å². The van der Waals surface area contributed by atoms with E-state index in [1.54, 1.807) is 12.1 Å². The molecule has 0 saturated carbocycles. The van der Waals surface area contributed by atoms with Crippen LogP contribution in [0, 0.1) is 5.82 Å². The molecule has 1 unspecified atom stereocenters. The van der Waals surface area contributed by atoms with E-state index in [-0.39, 0.29) is 11.9 Å². The van der Waals surface area contributed by atoms with Crippen molar-refractivity contribution in [1.29, 1.82) is 0 Å². The largest absolute Gasteiger partial charge is 0.490 e. The van der Waals surface area contributed by atoms with Gasteiger partial charge in [-0.25, -0.2) is 14.4 Å². The van der Waals surface area contributed by atoms with Gasteiger partial charge in [-0.1, -0.05) is 12.1 Å². The van der Waals surface area contributed by atoms with Gasteiger partial charge in [0.05, 0.1) is 7.11 Å². The van der Waals surface area contributed by atoms with E-state index in [2.05, 4.69) is 15.3 Å². The smallest absolute Gasteiger partial charge is 0.203 e. The molecule has 0 radical (unpaired) electrons. The van der Waals surface area contributed by atoms with E-state index < -0.39 is 0 Å². The lowest BCUT2D eigenvalue weighted by Crippen LogP contribution is -2.20. The molecule has 0 bridgehead atoms. The summed E-state index contributed by atoms with van der Waals surface area (Å²) in [7, 11) is 1.52. The number of nitrogens with one attached hydrogen (secondary N) is 1. The standard InChI is InChI=1S/C14H17FN4O/c1-9(7-10-3-5-11(15)6-4-10)19-14-12(20-2)13(16)17-8-18-14/h3-6,8-9H,7H2,1-2H3,(H3,16,17,18,19). The zero-order valence-corrected chi connectivity index (χ0v) is 11.4. The van der Waals surface area contributed by atoms with Gasteiger partial charge in [0.2, 0.25) is 5.75 Å². The van der Waals surface area contributed by atoms with Crippen LogP contribution in [0.4, 0.5) is 16.0 Å². The van der Waals surface area contributed by atoms with E-state index >= 15 is 0 Å². The summed E-state index contributed by atoms with van der Waals surface area (Å²) in [6.07, 6.45) is 2.11. The van der Waals surface area contributed by atoms with Crippen LogP contribution in [0.25, 0.3) is 0 Å². The Kier molecular flexibility index (Phi) is 4.34. The summed E-state index contributed by atoms with van der Waals surface area (Å²) in [5, 5.41) is 3.22.